The lowest BCUT2D eigenvalue weighted by Gasteiger charge is -2.11. The minimum Gasteiger partial charge on any atom is -0.464 e. The van der Waals surface area contributed by atoms with Gasteiger partial charge in [-0.2, -0.15) is 0 Å². The number of halogens is 1. The van der Waals surface area contributed by atoms with Gasteiger partial charge in [-0.3, -0.25) is 9.59 Å². The summed E-state index contributed by atoms with van der Waals surface area (Å²) < 4.78 is 18.6. The molecule has 1 amide bonds. The van der Waals surface area contributed by atoms with E-state index in [-0.39, 0.29) is 22.5 Å². The number of H-pyrrole nitrogens is 1. The van der Waals surface area contributed by atoms with Crippen molar-refractivity contribution in [1.29, 1.82) is 0 Å². The van der Waals surface area contributed by atoms with Crippen LogP contribution in [0.3, 0.4) is 0 Å². The first-order valence-corrected chi connectivity index (χ1v) is 10.7. The number of thioether (sulfide) groups is 1. The van der Waals surface area contributed by atoms with Crippen molar-refractivity contribution in [2.24, 2.45) is 0 Å². The molecule has 1 aromatic carbocycles. The summed E-state index contributed by atoms with van der Waals surface area (Å²) in [7, 11) is 0. The molecule has 0 aliphatic heterocycles. The Morgan fingerprint density at radius 3 is 3.00 bits per heavy atom. The zero-order valence-corrected chi connectivity index (χ0v) is 16.9. The number of benzene rings is 1. The molecule has 0 spiro atoms. The maximum absolute atomic E-state index is 13.2. The minimum atomic E-state index is -0.413. The molecule has 0 radical (unpaired) electrons. The van der Waals surface area contributed by atoms with E-state index in [1.165, 1.54) is 41.3 Å². The van der Waals surface area contributed by atoms with E-state index in [9.17, 15) is 14.0 Å². The van der Waals surface area contributed by atoms with Gasteiger partial charge in [0.05, 0.1) is 22.7 Å². The molecule has 6 nitrogen and oxygen atoms in total. The fourth-order valence-electron chi connectivity index (χ4n) is 2.81. The highest BCUT2D eigenvalue weighted by atomic mass is 32.2. The molecule has 29 heavy (non-hydrogen) atoms. The van der Waals surface area contributed by atoms with Crippen LogP contribution in [0, 0.1) is 5.82 Å². The van der Waals surface area contributed by atoms with E-state index in [1.54, 1.807) is 24.5 Å². The van der Waals surface area contributed by atoms with Crippen LogP contribution in [0.1, 0.15) is 18.0 Å². The van der Waals surface area contributed by atoms with Crippen LogP contribution >= 0.6 is 23.1 Å². The monoisotopic (exact) mass is 429 g/mol. The van der Waals surface area contributed by atoms with Gasteiger partial charge in [-0.05, 0) is 37.3 Å². The van der Waals surface area contributed by atoms with Gasteiger partial charge in [0.25, 0.3) is 5.56 Å². The lowest BCUT2D eigenvalue weighted by molar-refractivity contribution is -0.113. The van der Waals surface area contributed by atoms with E-state index in [0.717, 1.165) is 0 Å². The SMILES string of the molecule is CC(SCC(=O)Nc1cccc(F)c1)c1nc2scc(-c3ccco3)c2c(=O)[nH]1. The molecule has 148 valence electrons. The third-order valence-electron chi connectivity index (χ3n) is 4.21. The third kappa shape index (κ3) is 4.25. The lowest BCUT2D eigenvalue weighted by Crippen LogP contribution is -2.16. The molecule has 1 unspecified atom stereocenters. The number of hydrogen-bond donors (Lipinski definition) is 2. The highest BCUT2D eigenvalue weighted by molar-refractivity contribution is 8.00. The number of furan rings is 1. The first-order chi connectivity index (χ1) is 14.0. The van der Waals surface area contributed by atoms with Gasteiger partial charge >= 0.3 is 0 Å². The van der Waals surface area contributed by atoms with Crippen LogP contribution in [0.2, 0.25) is 0 Å². The number of nitrogens with zero attached hydrogens (tertiary/aromatic N) is 1. The van der Waals surface area contributed by atoms with Crippen molar-refractivity contribution in [2.45, 2.75) is 12.2 Å². The quantitative estimate of drug-likeness (QED) is 0.459. The standard InChI is InChI=1S/C20H16FN3O3S2/c1-11(28-10-16(25)22-13-5-2-4-12(21)8-13)18-23-19(26)17-14(9-29-20(17)24-18)15-6-3-7-27-15/h2-9,11H,10H2,1H3,(H,22,25)(H,23,24,26). The van der Waals surface area contributed by atoms with Gasteiger partial charge in [0, 0.05) is 16.6 Å². The Balaban J connectivity index is 1.47. The summed E-state index contributed by atoms with van der Waals surface area (Å²) in [6, 6.07) is 9.28. The van der Waals surface area contributed by atoms with Gasteiger partial charge < -0.3 is 14.7 Å². The number of anilines is 1. The first kappa shape index (κ1) is 19.4. The average Bonchev–Trinajstić information content (AvgIpc) is 3.35. The number of aromatic nitrogens is 2. The molecule has 0 bridgehead atoms. The smallest absolute Gasteiger partial charge is 0.260 e. The Bertz CT molecular complexity index is 1220. The van der Waals surface area contributed by atoms with Gasteiger partial charge in [-0.1, -0.05) is 6.07 Å². The molecule has 4 aromatic rings. The number of amides is 1. The van der Waals surface area contributed by atoms with Gasteiger partial charge in [0.15, 0.2) is 0 Å². The Hall–Kier alpha value is -2.91. The maximum atomic E-state index is 13.2. The number of carbonyl (C=O) groups excluding carboxylic acids is 1. The number of aromatic amines is 1. The van der Waals surface area contributed by atoms with Crippen molar-refractivity contribution in [2.75, 3.05) is 11.1 Å². The fourth-order valence-corrected chi connectivity index (χ4v) is 4.49. The van der Waals surface area contributed by atoms with Gasteiger partial charge in [0.2, 0.25) is 5.91 Å². The minimum absolute atomic E-state index is 0.140. The average molecular weight is 429 g/mol. The van der Waals surface area contributed by atoms with Gasteiger partial charge in [-0.25, -0.2) is 9.37 Å². The molecule has 1 atom stereocenters. The molecule has 3 heterocycles. The van der Waals surface area contributed by atoms with E-state index >= 15 is 0 Å². The van der Waals surface area contributed by atoms with E-state index < -0.39 is 5.82 Å². The molecule has 2 N–H and O–H groups in total. The van der Waals surface area contributed by atoms with Crippen LogP contribution < -0.4 is 10.9 Å². The van der Waals surface area contributed by atoms with Gasteiger partial charge in [-0.15, -0.1) is 23.1 Å². The summed E-state index contributed by atoms with van der Waals surface area (Å²) in [5.41, 5.74) is 0.875. The van der Waals surface area contributed by atoms with Crippen molar-refractivity contribution in [3.63, 3.8) is 0 Å². The Labute approximate surface area is 173 Å². The van der Waals surface area contributed by atoms with Crippen LogP contribution in [-0.4, -0.2) is 21.6 Å². The molecule has 0 aliphatic rings. The third-order valence-corrected chi connectivity index (χ3v) is 6.23. The van der Waals surface area contributed by atoms with Crippen molar-refractivity contribution in [1.82, 2.24) is 9.97 Å². The van der Waals surface area contributed by atoms with Crippen LogP contribution in [0.4, 0.5) is 10.1 Å². The summed E-state index contributed by atoms with van der Waals surface area (Å²) in [4.78, 5) is 32.7. The second kappa shape index (κ2) is 8.22. The molecule has 0 aliphatic carbocycles. The van der Waals surface area contributed by atoms with E-state index in [2.05, 4.69) is 15.3 Å². The summed E-state index contributed by atoms with van der Waals surface area (Å²) in [6.45, 7) is 1.87. The first-order valence-electron chi connectivity index (χ1n) is 8.73. The zero-order chi connectivity index (χ0) is 20.4. The maximum Gasteiger partial charge on any atom is 0.260 e. The Kier molecular flexibility index (Phi) is 5.50. The molecule has 9 heteroatoms. The van der Waals surface area contributed by atoms with E-state index in [4.69, 9.17) is 4.42 Å². The molecule has 0 saturated carbocycles. The number of rotatable bonds is 6. The summed E-state index contributed by atoms with van der Waals surface area (Å²) in [5.74, 6) is 0.587. The molecule has 3 aromatic heterocycles. The lowest BCUT2D eigenvalue weighted by atomic mass is 10.2. The van der Waals surface area contributed by atoms with E-state index in [0.29, 0.717) is 33.1 Å². The van der Waals surface area contributed by atoms with Crippen molar-refractivity contribution in [3.8, 4) is 11.3 Å². The van der Waals surface area contributed by atoms with Gasteiger partial charge in [0.1, 0.15) is 22.2 Å². The Morgan fingerprint density at radius 2 is 2.24 bits per heavy atom. The number of nitrogens with one attached hydrogen (secondary N) is 2. The molecular weight excluding hydrogens is 413 g/mol. The van der Waals surface area contributed by atoms with Crippen LogP contribution in [0.25, 0.3) is 21.5 Å². The summed E-state index contributed by atoms with van der Waals surface area (Å²) in [5, 5.41) is 4.78. The molecule has 0 saturated heterocycles. The van der Waals surface area contributed by atoms with Crippen LogP contribution in [0.15, 0.2) is 57.3 Å². The fraction of sp³-hybridized carbons (Fsp3) is 0.150. The molecular formula is C20H16FN3O3S2. The summed E-state index contributed by atoms with van der Waals surface area (Å²) >= 11 is 2.70. The number of thiophene rings is 1. The number of carbonyl (C=O) groups is 1. The predicted octanol–water partition coefficient (Wildman–Crippen LogP) is 4.82. The molecule has 0 fully saturated rings. The van der Waals surface area contributed by atoms with Crippen molar-refractivity contribution in [3.05, 3.63) is 70.0 Å². The van der Waals surface area contributed by atoms with Crippen molar-refractivity contribution < 1.29 is 13.6 Å². The second-order valence-corrected chi connectivity index (χ2v) is 8.46. The van der Waals surface area contributed by atoms with E-state index in [1.807, 2.05) is 12.3 Å². The predicted molar refractivity (Wildman–Crippen MR) is 114 cm³/mol. The highest BCUT2D eigenvalue weighted by Gasteiger charge is 2.18. The number of hydrogen-bond acceptors (Lipinski definition) is 6. The van der Waals surface area contributed by atoms with Crippen LogP contribution in [-0.2, 0) is 4.79 Å². The zero-order valence-electron chi connectivity index (χ0n) is 15.3. The topological polar surface area (TPSA) is 88.0 Å². The van der Waals surface area contributed by atoms with Crippen LogP contribution in [0.5, 0.6) is 0 Å². The summed E-state index contributed by atoms with van der Waals surface area (Å²) in [6.07, 6.45) is 1.56. The number of fused-ring (bicyclic) bond motifs is 1. The highest BCUT2D eigenvalue weighted by Crippen LogP contribution is 2.32. The largest absolute Gasteiger partial charge is 0.464 e. The van der Waals surface area contributed by atoms with Crippen molar-refractivity contribution >= 4 is 44.9 Å². The molecule has 4 rings (SSSR count). The Morgan fingerprint density at radius 1 is 1.38 bits per heavy atom. The normalized spacial score (nSPS) is 12.2. The second-order valence-electron chi connectivity index (χ2n) is 6.27.